The van der Waals surface area contributed by atoms with Crippen molar-refractivity contribution >= 4 is 5.97 Å². The Kier molecular flexibility index (Phi) is 2.06. The van der Waals surface area contributed by atoms with E-state index in [1.165, 1.54) is 25.7 Å². The smallest absolute Gasteiger partial charge is 0.303 e. The highest BCUT2D eigenvalue weighted by Gasteiger charge is 2.63. The van der Waals surface area contributed by atoms with Crippen molar-refractivity contribution in [2.75, 3.05) is 6.54 Å². The van der Waals surface area contributed by atoms with Crippen LogP contribution >= 0.6 is 0 Å². The molecule has 3 N–H and O–H groups in total. The molecule has 0 aromatic carbocycles. The Morgan fingerprint density at radius 2 is 1.92 bits per heavy atom. The minimum absolute atomic E-state index is 0.0116. The van der Waals surface area contributed by atoms with Crippen molar-refractivity contribution in [2.24, 2.45) is 23.0 Å². The van der Waals surface area contributed by atoms with Crippen molar-refractivity contribution in [2.45, 2.75) is 32.1 Å². The molecule has 74 valence electrons. The summed E-state index contributed by atoms with van der Waals surface area (Å²) in [5.41, 5.74) is 5.70. The SMILES string of the molecule is NCC1(CC(=O)O)C2CCCCC21. The molecule has 2 unspecified atom stereocenters. The van der Waals surface area contributed by atoms with Crippen LogP contribution in [-0.2, 0) is 4.79 Å². The minimum Gasteiger partial charge on any atom is -0.481 e. The first-order valence-electron chi connectivity index (χ1n) is 5.12. The van der Waals surface area contributed by atoms with Crippen molar-refractivity contribution in [3.8, 4) is 0 Å². The molecular formula is C10H17NO2. The van der Waals surface area contributed by atoms with Crippen LogP contribution < -0.4 is 5.73 Å². The molecule has 0 radical (unpaired) electrons. The van der Waals surface area contributed by atoms with Crippen molar-refractivity contribution in [3.63, 3.8) is 0 Å². The van der Waals surface area contributed by atoms with Gasteiger partial charge in [-0.1, -0.05) is 12.8 Å². The van der Waals surface area contributed by atoms with Gasteiger partial charge < -0.3 is 10.8 Å². The number of aliphatic carboxylic acids is 1. The van der Waals surface area contributed by atoms with Crippen LogP contribution in [0.2, 0.25) is 0 Å². The summed E-state index contributed by atoms with van der Waals surface area (Å²) < 4.78 is 0. The molecule has 2 atom stereocenters. The summed E-state index contributed by atoms with van der Waals surface area (Å²) in [7, 11) is 0. The van der Waals surface area contributed by atoms with Crippen LogP contribution in [0.4, 0.5) is 0 Å². The number of rotatable bonds is 3. The molecule has 0 heterocycles. The van der Waals surface area contributed by atoms with E-state index in [0.29, 0.717) is 24.8 Å². The number of hydrogen-bond acceptors (Lipinski definition) is 2. The fourth-order valence-electron chi connectivity index (χ4n) is 3.30. The average Bonchev–Trinajstić information content (AvgIpc) is 2.74. The highest BCUT2D eigenvalue weighted by molar-refractivity contribution is 5.68. The Bertz CT molecular complexity index is 215. The molecular weight excluding hydrogens is 166 g/mol. The number of carbonyl (C=O) groups is 1. The molecule has 2 aliphatic carbocycles. The lowest BCUT2D eigenvalue weighted by atomic mass is 9.97. The molecule has 2 fully saturated rings. The van der Waals surface area contributed by atoms with E-state index in [-0.39, 0.29) is 5.41 Å². The zero-order chi connectivity index (χ0) is 9.47. The molecule has 0 bridgehead atoms. The van der Waals surface area contributed by atoms with Gasteiger partial charge in [-0.05, 0) is 36.6 Å². The number of carboxylic acids is 1. The lowest BCUT2D eigenvalue weighted by molar-refractivity contribution is -0.138. The minimum atomic E-state index is -0.681. The van der Waals surface area contributed by atoms with E-state index in [4.69, 9.17) is 10.8 Å². The Hall–Kier alpha value is -0.570. The molecule has 3 nitrogen and oxygen atoms in total. The lowest BCUT2D eigenvalue weighted by Crippen LogP contribution is -2.22. The van der Waals surface area contributed by atoms with Crippen LogP contribution in [0, 0.1) is 17.3 Å². The molecule has 0 saturated heterocycles. The van der Waals surface area contributed by atoms with E-state index in [9.17, 15) is 4.79 Å². The lowest BCUT2D eigenvalue weighted by Gasteiger charge is -2.11. The fraction of sp³-hybridized carbons (Fsp3) is 0.900. The average molecular weight is 183 g/mol. The Balaban J connectivity index is 2.06. The van der Waals surface area contributed by atoms with E-state index < -0.39 is 5.97 Å². The maximum Gasteiger partial charge on any atom is 0.303 e. The predicted octanol–water partition coefficient (Wildman–Crippen LogP) is 1.23. The van der Waals surface area contributed by atoms with Crippen molar-refractivity contribution in [3.05, 3.63) is 0 Å². The highest BCUT2D eigenvalue weighted by Crippen LogP contribution is 2.66. The summed E-state index contributed by atoms with van der Waals surface area (Å²) in [6.45, 7) is 0.564. The summed E-state index contributed by atoms with van der Waals surface area (Å²) in [4.78, 5) is 10.7. The van der Waals surface area contributed by atoms with Crippen LogP contribution in [0.5, 0.6) is 0 Å². The number of nitrogens with two attached hydrogens (primary N) is 1. The summed E-state index contributed by atoms with van der Waals surface area (Å²) in [6, 6.07) is 0. The van der Waals surface area contributed by atoms with Crippen LogP contribution in [0.15, 0.2) is 0 Å². The van der Waals surface area contributed by atoms with E-state index >= 15 is 0 Å². The van der Waals surface area contributed by atoms with E-state index in [1.807, 2.05) is 0 Å². The molecule has 0 aromatic heterocycles. The molecule has 0 aromatic rings. The molecule has 2 aliphatic rings. The van der Waals surface area contributed by atoms with Crippen LogP contribution in [0.25, 0.3) is 0 Å². The standard InChI is InChI=1S/C10H17NO2/c11-6-10(5-9(12)13)7-3-1-2-4-8(7)10/h7-8H,1-6,11H2,(H,12,13). The van der Waals surface area contributed by atoms with E-state index in [0.717, 1.165) is 0 Å². The molecule has 0 spiro atoms. The highest BCUT2D eigenvalue weighted by atomic mass is 16.4. The molecule has 2 saturated carbocycles. The van der Waals surface area contributed by atoms with Gasteiger partial charge in [-0.2, -0.15) is 0 Å². The van der Waals surface area contributed by atoms with Crippen LogP contribution in [0.1, 0.15) is 32.1 Å². The normalized spacial score (nSPS) is 42.5. The summed E-state index contributed by atoms with van der Waals surface area (Å²) in [5, 5.41) is 8.81. The molecule has 3 heteroatoms. The maximum atomic E-state index is 10.7. The second-order valence-electron chi connectivity index (χ2n) is 4.51. The van der Waals surface area contributed by atoms with Gasteiger partial charge in [0.2, 0.25) is 0 Å². The third kappa shape index (κ3) is 1.26. The third-order valence-corrected chi connectivity index (χ3v) is 3.99. The van der Waals surface area contributed by atoms with Gasteiger partial charge in [0, 0.05) is 0 Å². The van der Waals surface area contributed by atoms with Gasteiger partial charge in [-0.15, -0.1) is 0 Å². The number of carboxylic acid groups (broad SMARTS) is 1. The van der Waals surface area contributed by atoms with Crippen molar-refractivity contribution < 1.29 is 9.90 Å². The summed E-state index contributed by atoms with van der Waals surface area (Å²) >= 11 is 0. The first kappa shape index (κ1) is 9.00. The molecule has 13 heavy (non-hydrogen) atoms. The first-order chi connectivity index (χ1) is 6.20. The van der Waals surface area contributed by atoms with Gasteiger partial charge in [-0.3, -0.25) is 4.79 Å². The number of fused-ring (bicyclic) bond motifs is 1. The van der Waals surface area contributed by atoms with Crippen LogP contribution in [-0.4, -0.2) is 17.6 Å². The summed E-state index contributed by atoms with van der Waals surface area (Å²) in [5.74, 6) is 0.574. The van der Waals surface area contributed by atoms with Gasteiger partial charge in [-0.25, -0.2) is 0 Å². The topological polar surface area (TPSA) is 63.3 Å². The first-order valence-corrected chi connectivity index (χ1v) is 5.12. The monoisotopic (exact) mass is 183 g/mol. The quantitative estimate of drug-likeness (QED) is 0.691. The third-order valence-electron chi connectivity index (χ3n) is 3.99. The van der Waals surface area contributed by atoms with Gasteiger partial charge in [0.05, 0.1) is 6.42 Å². The van der Waals surface area contributed by atoms with E-state index in [1.54, 1.807) is 0 Å². The zero-order valence-corrected chi connectivity index (χ0v) is 7.83. The second kappa shape index (κ2) is 2.98. The largest absolute Gasteiger partial charge is 0.481 e. The Morgan fingerprint density at radius 3 is 2.31 bits per heavy atom. The number of hydrogen-bond donors (Lipinski definition) is 2. The maximum absolute atomic E-state index is 10.7. The van der Waals surface area contributed by atoms with Gasteiger partial charge >= 0.3 is 5.97 Å². The van der Waals surface area contributed by atoms with Crippen LogP contribution in [0.3, 0.4) is 0 Å². The molecule has 2 rings (SSSR count). The molecule has 0 amide bonds. The van der Waals surface area contributed by atoms with Gasteiger partial charge in [0.1, 0.15) is 0 Å². The Morgan fingerprint density at radius 1 is 1.38 bits per heavy atom. The summed E-state index contributed by atoms with van der Waals surface area (Å²) in [6.07, 6.45) is 5.23. The van der Waals surface area contributed by atoms with Crippen molar-refractivity contribution in [1.82, 2.24) is 0 Å². The second-order valence-corrected chi connectivity index (χ2v) is 4.51. The fourth-order valence-corrected chi connectivity index (χ4v) is 3.30. The molecule has 0 aliphatic heterocycles. The van der Waals surface area contributed by atoms with E-state index in [2.05, 4.69) is 0 Å². The van der Waals surface area contributed by atoms with Gasteiger partial charge in [0.15, 0.2) is 0 Å². The van der Waals surface area contributed by atoms with Crippen molar-refractivity contribution in [1.29, 1.82) is 0 Å². The predicted molar refractivity (Wildman–Crippen MR) is 49.2 cm³/mol. The zero-order valence-electron chi connectivity index (χ0n) is 7.83. The Labute approximate surface area is 78.3 Å². The van der Waals surface area contributed by atoms with Gasteiger partial charge in [0.25, 0.3) is 0 Å².